The summed E-state index contributed by atoms with van der Waals surface area (Å²) < 4.78 is 35.8. The van der Waals surface area contributed by atoms with Gasteiger partial charge in [-0.3, -0.25) is 19.0 Å². The highest BCUT2D eigenvalue weighted by Crippen LogP contribution is 2.47. The van der Waals surface area contributed by atoms with Gasteiger partial charge < -0.3 is 14.4 Å². The molecule has 3 heterocycles. The average Bonchev–Trinajstić information content (AvgIpc) is 3.44. The molecule has 2 aliphatic carbocycles. The zero-order valence-electron chi connectivity index (χ0n) is 29.7. The fourth-order valence-electron chi connectivity index (χ4n) is 8.46. The third-order valence-corrected chi connectivity index (χ3v) is 13.5. The number of aromatic nitrogens is 2. The van der Waals surface area contributed by atoms with E-state index in [9.17, 15) is 13.8 Å². The Labute approximate surface area is 306 Å². The van der Waals surface area contributed by atoms with Gasteiger partial charge in [-0.2, -0.15) is 5.10 Å². The molecule has 1 aromatic heterocycles. The summed E-state index contributed by atoms with van der Waals surface area (Å²) in [7, 11) is 0.127. The van der Waals surface area contributed by atoms with Crippen molar-refractivity contribution in [2.24, 2.45) is 29.2 Å². The predicted octanol–water partition coefficient (Wildman–Crippen LogP) is 6.46. The third kappa shape index (κ3) is 7.76. The molecule has 4 aliphatic rings. The van der Waals surface area contributed by atoms with Crippen molar-refractivity contribution in [2.75, 3.05) is 37.5 Å². The molecule has 6 atom stereocenters. The van der Waals surface area contributed by atoms with E-state index in [4.69, 9.17) is 21.1 Å². The zero-order chi connectivity index (χ0) is 35.8. The van der Waals surface area contributed by atoms with E-state index in [0.717, 1.165) is 61.5 Å². The molecule has 2 bridgehead atoms. The molecule has 2 aromatic carbocycles. The highest BCUT2D eigenvalue weighted by molar-refractivity contribution is 7.92. The van der Waals surface area contributed by atoms with Crippen LogP contribution in [0.4, 0.5) is 5.69 Å². The maximum Gasteiger partial charge on any atom is 0.286 e. The van der Waals surface area contributed by atoms with Crippen LogP contribution < -0.4 is 14.4 Å². The van der Waals surface area contributed by atoms with Gasteiger partial charge in [0.2, 0.25) is 5.91 Å². The Balaban J connectivity index is 1.25. The van der Waals surface area contributed by atoms with Crippen LogP contribution in [0.5, 0.6) is 5.75 Å². The minimum atomic E-state index is -3.46. The number of carbonyl (C=O) groups is 2. The molecule has 51 heavy (non-hydrogen) atoms. The van der Waals surface area contributed by atoms with Crippen LogP contribution in [0.2, 0.25) is 5.02 Å². The first kappa shape index (κ1) is 35.7. The van der Waals surface area contributed by atoms with Crippen LogP contribution >= 0.6 is 11.6 Å². The van der Waals surface area contributed by atoms with Crippen molar-refractivity contribution >= 4 is 39.0 Å². The number of rotatable bonds is 5. The number of nitrogens with one attached hydrogen (secondary N) is 1. The van der Waals surface area contributed by atoms with Gasteiger partial charge in [-0.1, -0.05) is 36.7 Å². The maximum atomic E-state index is 14.5. The Kier molecular flexibility index (Phi) is 10.3. The molecular weight excluding hydrogens is 686 g/mol. The Hall–Kier alpha value is -3.67. The number of amides is 2. The van der Waals surface area contributed by atoms with Crippen molar-refractivity contribution in [3.63, 3.8) is 0 Å². The second kappa shape index (κ2) is 14.8. The summed E-state index contributed by atoms with van der Waals surface area (Å²) in [5.41, 5.74) is 4.33. The molecule has 1 spiro atoms. The lowest BCUT2D eigenvalue weighted by atomic mass is 9.68. The first-order valence-electron chi connectivity index (χ1n) is 18.1. The highest BCUT2D eigenvalue weighted by Gasteiger charge is 2.44. The molecule has 0 saturated heterocycles. The molecule has 10 nitrogen and oxygen atoms in total. The SMILES string of the molecule is CO[C@H]1/C=C/C[C@H](C)CS(=O)(NC(=O)CCc2cnn(C)c2)=NC(=O)c2ccc3c(c2)N(C[C@@H]2CC[C@H]21)C[C@@]1(CCCc2cc(Cl)ccc21)CO3. The van der Waals surface area contributed by atoms with Gasteiger partial charge in [0.25, 0.3) is 5.91 Å². The molecule has 3 aromatic rings. The van der Waals surface area contributed by atoms with Gasteiger partial charge in [-0.05, 0) is 110 Å². The van der Waals surface area contributed by atoms with Gasteiger partial charge in [-0.25, -0.2) is 4.21 Å². The number of ether oxygens (including phenoxy) is 2. The number of hydrogen-bond donors (Lipinski definition) is 1. The van der Waals surface area contributed by atoms with Crippen LogP contribution in [-0.4, -0.2) is 64.5 Å². The normalized spacial score (nSPS) is 29.8. The van der Waals surface area contributed by atoms with E-state index in [1.54, 1.807) is 24.1 Å². The second-order valence-corrected chi connectivity index (χ2v) is 17.4. The Morgan fingerprint density at radius 3 is 2.84 bits per heavy atom. The van der Waals surface area contributed by atoms with Gasteiger partial charge in [0.05, 0.1) is 30.3 Å². The van der Waals surface area contributed by atoms with Crippen LogP contribution in [0.3, 0.4) is 0 Å². The maximum absolute atomic E-state index is 14.5. The minimum Gasteiger partial charge on any atom is -0.490 e. The number of nitrogens with zero attached hydrogens (tertiary/aromatic N) is 4. The minimum absolute atomic E-state index is 0.0392. The van der Waals surface area contributed by atoms with Crippen molar-refractivity contribution < 1.29 is 23.3 Å². The van der Waals surface area contributed by atoms with Crippen LogP contribution in [0.25, 0.3) is 0 Å². The average molecular weight is 734 g/mol. The van der Waals surface area contributed by atoms with Crippen molar-refractivity contribution in [3.8, 4) is 5.75 Å². The highest BCUT2D eigenvalue weighted by atomic mass is 35.5. The summed E-state index contributed by atoms with van der Waals surface area (Å²) in [5.74, 6) is 0.327. The lowest BCUT2D eigenvalue weighted by Crippen LogP contribution is -2.49. The Morgan fingerprint density at radius 2 is 2.08 bits per heavy atom. The van der Waals surface area contributed by atoms with E-state index in [-0.39, 0.29) is 29.6 Å². The summed E-state index contributed by atoms with van der Waals surface area (Å²) in [4.78, 5) is 29.5. The second-order valence-electron chi connectivity index (χ2n) is 15.0. The van der Waals surface area contributed by atoms with Gasteiger partial charge >= 0.3 is 0 Å². The molecule has 0 radical (unpaired) electrons. The molecule has 2 amide bonds. The van der Waals surface area contributed by atoms with Gasteiger partial charge in [0.15, 0.2) is 0 Å². The smallest absolute Gasteiger partial charge is 0.286 e. The number of halogens is 1. The van der Waals surface area contributed by atoms with Crippen molar-refractivity contribution in [1.29, 1.82) is 0 Å². The number of benzene rings is 2. The number of allylic oxidation sites excluding steroid dienone is 1. The van der Waals surface area contributed by atoms with E-state index in [0.29, 0.717) is 42.6 Å². The Bertz CT molecular complexity index is 1950. The zero-order valence-corrected chi connectivity index (χ0v) is 31.3. The van der Waals surface area contributed by atoms with Crippen LogP contribution in [0.1, 0.15) is 72.5 Å². The fraction of sp³-hybridized carbons (Fsp3) is 0.513. The quantitative estimate of drug-likeness (QED) is 0.300. The van der Waals surface area contributed by atoms with Crippen LogP contribution in [0, 0.1) is 17.8 Å². The largest absolute Gasteiger partial charge is 0.490 e. The van der Waals surface area contributed by atoms with Crippen molar-refractivity contribution in [3.05, 3.63) is 88.2 Å². The molecule has 2 aliphatic heterocycles. The number of carbonyl (C=O) groups excluding carboxylic acids is 2. The number of methoxy groups -OCH3 is 1. The van der Waals surface area contributed by atoms with Crippen molar-refractivity contribution in [1.82, 2.24) is 14.5 Å². The molecule has 1 N–H and O–H groups in total. The van der Waals surface area contributed by atoms with Gasteiger partial charge in [-0.15, -0.1) is 4.36 Å². The first-order chi connectivity index (χ1) is 24.5. The van der Waals surface area contributed by atoms with Gasteiger partial charge in [0.1, 0.15) is 15.7 Å². The summed E-state index contributed by atoms with van der Waals surface area (Å²) in [6, 6.07) is 11.6. The van der Waals surface area contributed by atoms with Crippen LogP contribution in [-0.2, 0) is 44.8 Å². The summed E-state index contributed by atoms with van der Waals surface area (Å²) in [6.45, 7) is 3.99. The summed E-state index contributed by atoms with van der Waals surface area (Å²) in [5, 5.41) is 4.91. The molecule has 12 heteroatoms. The number of aryl methyl sites for hydroxylation is 3. The lowest BCUT2D eigenvalue weighted by molar-refractivity contribution is -0.119. The topological polar surface area (TPSA) is 115 Å². The molecule has 1 fully saturated rings. The van der Waals surface area contributed by atoms with E-state index < -0.39 is 21.7 Å². The lowest BCUT2D eigenvalue weighted by Gasteiger charge is -2.46. The standard InChI is InChI=1S/C39H48ClN5O5S/c1-26-6-4-8-35(49-3)32-13-10-30(32)22-45-24-39(17-5-7-28-18-31(40)12-14-33(28)39)25-50-36-15-11-29(19-34(36)45)38(47)43-51(48,23-26)42-37(46)16-9-27-20-41-44(2)21-27/h4,8,11-12,14-15,18-21,26,30,32,35H,5-7,9-10,13,16-17,22-25H2,1-3H3,(H,42,43,46,47,48)/b8-4+/t26-,30-,32+,35-,39-,51?/m0/s1. The predicted molar refractivity (Wildman–Crippen MR) is 200 cm³/mol. The molecule has 1 saturated carbocycles. The molecular formula is C39H48ClN5O5S. The van der Waals surface area contributed by atoms with E-state index in [1.807, 2.05) is 38.4 Å². The summed E-state index contributed by atoms with van der Waals surface area (Å²) >= 11 is 6.46. The number of hydrogen-bond acceptors (Lipinski definition) is 7. The number of fused-ring (bicyclic) bond motifs is 4. The molecule has 272 valence electrons. The monoisotopic (exact) mass is 733 g/mol. The van der Waals surface area contributed by atoms with Gasteiger partial charge in [0, 0.05) is 55.9 Å². The molecule has 7 rings (SSSR count). The van der Waals surface area contributed by atoms with E-state index in [2.05, 4.69) is 43.4 Å². The third-order valence-electron chi connectivity index (χ3n) is 11.2. The first-order valence-corrected chi connectivity index (χ1v) is 20.2. The van der Waals surface area contributed by atoms with E-state index in [1.165, 1.54) is 11.1 Å². The van der Waals surface area contributed by atoms with Crippen molar-refractivity contribution in [2.45, 2.75) is 69.8 Å². The number of anilines is 1. The summed E-state index contributed by atoms with van der Waals surface area (Å²) in [6.07, 6.45) is 14.0. The van der Waals surface area contributed by atoms with E-state index >= 15 is 0 Å². The Morgan fingerprint density at radius 1 is 1.22 bits per heavy atom. The fourth-order valence-corrected chi connectivity index (χ4v) is 10.6. The van der Waals surface area contributed by atoms with Crippen LogP contribution in [0.15, 0.2) is 65.3 Å². The molecule has 1 unspecified atom stereocenters.